The first-order valence-corrected chi connectivity index (χ1v) is 8.37. The molecule has 0 spiro atoms. The highest BCUT2D eigenvalue weighted by molar-refractivity contribution is 6.35. The number of rotatable bonds is 3. The lowest BCUT2D eigenvalue weighted by atomic mass is 10.0. The topological polar surface area (TPSA) is 63.7 Å². The number of para-hydroxylation sites is 1. The number of methoxy groups -OCH3 is 1. The second kappa shape index (κ2) is 6.53. The third kappa shape index (κ3) is 2.69. The molecular weight excluding hydrogens is 342 g/mol. The van der Waals surface area contributed by atoms with Crippen molar-refractivity contribution < 1.29 is 19.1 Å². The van der Waals surface area contributed by atoms with E-state index in [0.29, 0.717) is 33.5 Å². The number of esters is 1. The maximum Gasteiger partial charge on any atom is 0.337 e. The first kappa shape index (κ1) is 16.7. The van der Waals surface area contributed by atoms with Gasteiger partial charge < -0.3 is 4.74 Å². The summed E-state index contributed by atoms with van der Waals surface area (Å²) < 4.78 is 4.78. The van der Waals surface area contributed by atoms with Gasteiger partial charge in [-0.25, -0.2) is 9.69 Å². The minimum Gasteiger partial charge on any atom is -0.465 e. The van der Waals surface area contributed by atoms with Gasteiger partial charge in [-0.05, 0) is 35.9 Å². The van der Waals surface area contributed by atoms with Crippen molar-refractivity contribution in [3.63, 3.8) is 0 Å². The van der Waals surface area contributed by atoms with Crippen molar-refractivity contribution >= 4 is 23.5 Å². The van der Waals surface area contributed by atoms with Gasteiger partial charge in [-0.2, -0.15) is 0 Å². The number of hydrogen-bond donors (Lipinski definition) is 0. The van der Waals surface area contributed by atoms with Crippen molar-refractivity contribution in [2.24, 2.45) is 0 Å². The summed E-state index contributed by atoms with van der Waals surface area (Å²) in [6.45, 7) is 0. The van der Waals surface area contributed by atoms with E-state index in [1.165, 1.54) is 12.0 Å². The lowest BCUT2D eigenvalue weighted by molar-refractivity contribution is 0.0600. The fourth-order valence-electron chi connectivity index (χ4n) is 3.25. The number of benzene rings is 3. The second-order valence-electron chi connectivity index (χ2n) is 6.08. The second-order valence-corrected chi connectivity index (χ2v) is 6.08. The molecule has 4 rings (SSSR count). The van der Waals surface area contributed by atoms with Crippen LogP contribution in [-0.4, -0.2) is 24.9 Å². The largest absolute Gasteiger partial charge is 0.465 e. The van der Waals surface area contributed by atoms with Crippen LogP contribution in [0.1, 0.15) is 31.1 Å². The van der Waals surface area contributed by atoms with Crippen molar-refractivity contribution in [3.05, 3.63) is 89.5 Å². The number of imide groups is 1. The maximum atomic E-state index is 12.8. The Balaban J connectivity index is 1.83. The van der Waals surface area contributed by atoms with E-state index in [0.717, 1.165) is 0 Å². The molecule has 3 aromatic rings. The molecule has 0 saturated heterocycles. The Bertz CT molecular complexity index is 1050. The van der Waals surface area contributed by atoms with Crippen LogP contribution in [-0.2, 0) is 4.74 Å². The first-order valence-electron chi connectivity index (χ1n) is 8.37. The maximum absolute atomic E-state index is 12.8. The van der Waals surface area contributed by atoms with Crippen LogP contribution in [0.3, 0.4) is 0 Å². The summed E-state index contributed by atoms with van der Waals surface area (Å²) in [7, 11) is 1.32. The van der Waals surface area contributed by atoms with Crippen molar-refractivity contribution in [3.8, 4) is 11.1 Å². The molecule has 132 valence electrons. The van der Waals surface area contributed by atoms with Gasteiger partial charge in [-0.3, -0.25) is 9.59 Å². The molecule has 2 amide bonds. The van der Waals surface area contributed by atoms with Crippen LogP contribution in [0.15, 0.2) is 72.8 Å². The van der Waals surface area contributed by atoms with Crippen molar-refractivity contribution in [2.45, 2.75) is 0 Å². The number of ether oxygens (including phenoxy) is 1. The molecule has 3 aromatic carbocycles. The highest BCUT2D eigenvalue weighted by Gasteiger charge is 2.37. The lowest BCUT2D eigenvalue weighted by Gasteiger charge is -2.18. The van der Waals surface area contributed by atoms with E-state index in [-0.39, 0.29) is 11.8 Å². The zero-order valence-corrected chi connectivity index (χ0v) is 14.5. The minimum atomic E-state index is -0.449. The molecule has 1 heterocycles. The number of anilines is 1. The number of nitrogens with zero attached hydrogens (tertiary/aromatic N) is 1. The molecule has 1 aliphatic heterocycles. The summed E-state index contributed by atoms with van der Waals surface area (Å²) in [4.78, 5) is 38.7. The molecule has 5 nitrogen and oxygen atoms in total. The molecule has 27 heavy (non-hydrogen) atoms. The Kier molecular flexibility index (Phi) is 4.05. The molecule has 0 radical (unpaired) electrons. The third-order valence-electron chi connectivity index (χ3n) is 4.53. The molecule has 1 aliphatic rings. The molecule has 0 aliphatic carbocycles. The lowest BCUT2D eigenvalue weighted by Crippen LogP contribution is -2.29. The first-order chi connectivity index (χ1) is 13.1. The fourth-order valence-corrected chi connectivity index (χ4v) is 3.25. The Morgan fingerprint density at radius 3 is 2.00 bits per heavy atom. The Morgan fingerprint density at radius 2 is 1.37 bits per heavy atom. The average Bonchev–Trinajstić information content (AvgIpc) is 2.98. The number of carbonyl (C=O) groups excluding carboxylic acids is 3. The van der Waals surface area contributed by atoms with Gasteiger partial charge in [0.15, 0.2) is 0 Å². The van der Waals surface area contributed by atoms with Gasteiger partial charge in [-0.1, -0.05) is 42.5 Å². The summed E-state index contributed by atoms with van der Waals surface area (Å²) in [6, 6.07) is 20.8. The summed E-state index contributed by atoms with van der Waals surface area (Å²) >= 11 is 0. The van der Waals surface area contributed by atoms with E-state index in [4.69, 9.17) is 4.74 Å². The number of amides is 2. The van der Waals surface area contributed by atoms with Gasteiger partial charge in [0, 0.05) is 5.56 Å². The van der Waals surface area contributed by atoms with Gasteiger partial charge >= 0.3 is 5.97 Å². The molecular formula is C22H15NO4. The number of hydrogen-bond acceptors (Lipinski definition) is 4. The molecule has 0 bridgehead atoms. The summed E-state index contributed by atoms with van der Waals surface area (Å²) in [5.74, 6) is -1.16. The number of carbonyl (C=O) groups is 3. The van der Waals surface area contributed by atoms with Gasteiger partial charge in [0.2, 0.25) is 0 Å². The fraction of sp³-hybridized carbons (Fsp3) is 0.0455. The monoisotopic (exact) mass is 357 g/mol. The molecule has 0 atom stereocenters. The van der Waals surface area contributed by atoms with E-state index < -0.39 is 5.97 Å². The molecule has 0 saturated carbocycles. The zero-order valence-electron chi connectivity index (χ0n) is 14.5. The standard InChI is InChI=1S/C22H15NO4/c1-27-22(26)15-8-6-7-14(13-15)16-9-4-5-12-19(16)23-20(24)17-10-2-3-11-18(17)21(23)25/h2-13H,1H3. The van der Waals surface area contributed by atoms with E-state index in [1.54, 1.807) is 54.6 Å². The van der Waals surface area contributed by atoms with Crippen LogP contribution in [0.5, 0.6) is 0 Å². The summed E-state index contributed by atoms with van der Waals surface area (Å²) in [5.41, 5.74) is 3.04. The van der Waals surface area contributed by atoms with Gasteiger partial charge in [0.1, 0.15) is 0 Å². The minimum absolute atomic E-state index is 0.354. The van der Waals surface area contributed by atoms with E-state index in [1.807, 2.05) is 18.2 Å². The van der Waals surface area contributed by atoms with Gasteiger partial charge in [-0.15, -0.1) is 0 Å². The van der Waals surface area contributed by atoms with Crippen LogP contribution < -0.4 is 4.90 Å². The Labute approximate surface area is 155 Å². The SMILES string of the molecule is COC(=O)c1cccc(-c2ccccc2N2C(=O)c3ccccc3C2=O)c1. The normalized spacial score (nSPS) is 12.9. The third-order valence-corrected chi connectivity index (χ3v) is 4.53. The molecule has 0 unspecified atom stereocenters. The Morgan fingerprint density at radius 1 is 0.778 bits per heavy atom. The van der Waals surface area contributed by atoms with E-state index in [2.05, 4.69) is 0 Å². The van der Waals surface area contributed by atoms with Crippen LogP contribution in [0.4, 0.5) is 5.69 Å². The highest BCUT2D eigenvalue weighted by atomic mass is 16.5. The smallest absolute Gasteiger partial charge is 0.337 e. The van der Waals surface area contributed by atoms with Crippen LogP contribution in [0.2, 0.25) is 0 Å². The van der Waals surface area contributed by atoms with E-state index >= 15 is 0 Å². The molecule has 0 fully saturated rings. The van der Waals surface area contributed by atoms with Gasteiger partial charge in [0.05, 0.1) is 29.5 Å². The van der Waals surface area contributed by atoms with Crippen molar-refractivity contribution in [1.82, 2.24) is 0 Å². The van der Waals surface area contributed by atoms with E-state index in [9.17, 15) is 14.4 Å². The van der Waals surface area contributed by atoms with Crippen molar-refractivity contribution in [2.75, 3.05) is 12.0 Å². The van der Waals surface area contributed by atoms with Crippen LogP contribution in [0, 0.1) is 0 Å². The highest BCUT2D eigenvalue weighted by Crippen LogP contribution is 2.36. The predicted molar refractivity (Wildman–Crippen MR) is 101 cm³/mol. The zero-order chi connectivity index (χ0) is 19.0. The quantitative estimate of drug-likeness (QED) is 0.526. The molecule has 0 aromatic heterocycles. The van der Waals surface area contributed by atoms with Gasteiger partial charge in [0.25, 0.3) is 11.8 Å². The van der Waals surface area contributed by atoms with Crippen LogP contribution >= 0.6 is 0 Å². The van der Waals surface area contributed by atoms with Crippen LogP contribution in [0.25, 0.3) is 11.1 Å². The predicted octanol–water partition coefficient (Wildman–Crippen LogP) is 3.94. The molecule has 5 heteroatoms. The number of fused-ring (bicyclic) bond motifs is 1. The Hall–Kier alpha value is -3.73. The average molecular weight is 357 g/mol. The summed E-state index contributed by atoms with van der Waals surface area (Å²) in [6.07, 6.45) is 0. The van der Waals surface area contributed by atoms with Crippen molar-refractivity contribution in [1.29, 1.82) is 0 Å². The summed E-state index contributed by atoms with van der Waals surface area (Å²) in [5, 5.41) is 0. The molecule has 0 N–H and O–H groups in total.